The van der Waals surface area contributed by atoms with Crippen LogP contribution in [-0.2, 0) is 39.4 Å². The minimum atomic E-state index is -1.27. The summed E-state index contributed by atoms with van der Waals surface area (Å²) in [4.78, 5) is 58.8. The minimum Gasteiger partial charge on any atom is -0.549 e. The Morgan fingerprint density at radius 2 is 1.26 bits per heavy atom. The predicted octanol–water partition coefficient (Wildman–Crippen LogP) is 0.314. The van der Waals surface area contributed by atoms with Gasteiger partial charge in [0.25, 0.3) is 0 Å². The molecule has 1 fully saturated rings. The van der Waals surface area contributed by atoms with E-state index in [-0.39, 0.29) is 105 Å². The molecular weight excluding hydrogens is 1000 g/mol. The van der Waals surface area contributed by atoms with Crippen LogP contribution < -0.4 is 20.1 Å². The van der Waals surface area contributed by atoms with Crippen LogP contribution in [0.5, 0.6) is 5.75 Å². The Balaban J connectivity index is 0.00000648. The fraction of sp³-hybridized carbons (Fsp3) is 0.383. The molecule has 0 aliphatic carbocycles. The smallest absolute Gasteiger partial charge is 0.549 e. The van der Waals surface area contributed by atoms with Crippen molar-refractivity contribution in [3.8, 4) is 16.9 Å². The third-order valence-electron chi connectivity index (χ3n) is 11.9. The standard InChI is InChI=1S/C47H55N11O7.Yb/c1-47(2)26-37-24-35-8-12-41(50-35)46(40-11-7-34(49-40)23-33-5-6-36(48-33)25-42(47)51-37)32-3-9-39(10-4-32)65-31-38-27-58(53-52-38)22-21-54-13-15-55(28-43(59)60)17-19-57(30-45(63)64)20-18-56(16-14-54)29-44(61)62;/h3-12,23-25,27,48,50H,13-22,26,28-31H2,1-2H3,(H,59,60)(H,61,62)(H,63,64);/q;+3/p-3. The Morgan fingerprint density at radius 3 is 1.88 bits per heavy atom. The summed E-state index contributed by atoms with van der Waals surface area (Å²) in [6, 6.07) is 22.4. The van der Waals surface area contributed by atoms with Crippen molar-refractivity contribution in [1.29, 1.82) is 0 Å². The Morgan fingerprint density at radius 1 is 0.682 bits per heavy atom. The fourth-order valence-electron chi connectivity index (χ4n) is 8.42. The first-order valence-corrected chi connectivity index (χ1v) is 21.8. The van der Waals surface area contributed by atoms with Crippen LogP contribution in [-0.4, -0.2) is 151 Å². The second-order valence-electron chi connectivity index (χ2n) is 17.4. The van der Waals surface area contributed by atoms with Gasteiger partial charge in [-0.05, 0) is 72.3 Å². The van der Waals surface area contributed by atoms with Crippen molar-refractivity contribution in [2.24, 2.45) is 0 Å². The van der Waals surface area contributed by atoms with Gasteiger partial charge in [0.2, 0.25) is 0 Å². The van der Waals surface area contributed by atoms with Gasteiger partial charge in [-0.15, -0.1) is 5.10 Å². The van der Waals surface area contributed by atoms with Gasteiger partial charge in [-0.2, -0.15) is 0 Å². The number of carboxylic acid groups (broad SMARTS) is 3. The van der Waals surface area contributed by atoms with Crippen LogP contribution in [0.1, 0.15) is 42.3 Å². The van der Waals surface area contributed by atoms with E-state index >= 15 is 0 Å². The number of hydrogen-bond acceptors (Lipinski definition) is 15. The molecule has 7 heterocycles. The summed E-state index contributed by atoms with van der Waals surface area (Å²) in [7, 11) is 0. The van der Waals surface area contributed by atoms with E-state index in [1.807, 2.05) is 48.7 Å². The van der Waals surface area contributed by atoms with Gasteiger partial charge in [0.05, 0.1) is 42.0 Å². The van der Waals surface area contributed by atoms with Crippen LogP contribution in [0.25, 0.3) is 45.3 Å². The topological polar surface area (TPSA) is 231 Å². The van der Waals surface area contributed by atoms with Crippen LogP contribution >= 0.6 is 0 Å². The summed E-state index contributed by atoms with van der Waals surface area (Å²) >= 11 is 0. The van der Waals surface area contributed by atoms with Crippen LogP contribution in [0.3, 0.4) is 0 Å². The van der Waals surface area contributed by atoms with Crippen molar-refractivity contribution in [3.05, 3.63) is 101 Å². The Bertz CT molecular complexity index is 2680. The van der Waals surface area contributed by atoms with E-state index in [0.29, 0.717) is 50.7 Å². The number of hydrogen-bond donors (Lipinski definition) is 2. The maximum absolute atomic E-state index is 11.6. The average Bonchev–Trinajstić information content (AvgIpc) is 4.11. The van der Waals surface area contributed by atoms with Gasteiger partial charge in [0, 0.05) is 129 Å². The number of ether oxygens (including phenoxy) is 1. The molecule has 1 saturated heterocycles. The zero-order chi connectivity index (χ0) is 45.5. The molecule has 19 heteroatoms. The van der Waals surface area contributed by atoms with Gasteiger partial charge in [0.1, 0.15) is 18.1 Å². The Labute approximate surface area is 420 Å². The maximum Gasteiger partial charge on any atom is 3.00 e. The number of aromatic amines is 2. The number of nitrogens with zero attached hydrogens (tertiary/aromatic N) is 9. The summed E-state index contributed by atoms with van der Waals surface area (Å²) in [5.74, 6) is -3.07. The molecule has 4 aromatic heterocycles. The minimum absolute atomic E-state index is 0. The number of benzene rings is 1. The third-order valence-corrected chi connectivity index (χ3v) is 11.9. The number of fused-ring (bicyclic) bond motifs is 8. The third kappa shape index (κ3) is 13.2. The number of aromatic nitrogens is 7. The van der Waals surface area contributed by atoms with Crippen LogP contribution in [0.15, 0.2) is 72.9 Å². The quantitative estimate of drug-likeness (QED) is 0.159. The first-order chi connectivity index (χ1) is 31.3. The molecule has 3 aliphatic rings. The second-order valence-corrected chi connectivity index (χ2v) is 17.4. The molecule has 0 unspecified atom stereocenters. The molecule has 8 rings (SSSR count). The SMILES string of the molecule is CC1(C)Cc2cc3ccc([nH]3)c(-c3ccc(OCc4cn(CCN5CCN(CC(=O)[O-])CCN(CC(=O)[O-])CCN(CC(=O)[O-])CC5)nn4)cc3)c3nc(cc4ccc(cc1n2)[nH]4)C=C3.[Yb+3]. The van der Waals surface area contributed by atoms with Crippen molar-refractivity contribution in [1.82, 2.24) is 54.5 Å². The first kappa shape index (κ1) is 48.7. The van der Waals surface area contributed by atoms with E-state index in [1.54, 1.807) is 19.4 Å². The number of nitrogens with one attached hydrogen (secondary N) is 2. The molecule has 0 spiro atoms. The fourth-order valence-corrected chi connectivity index (χ4v) is 8.42. The molecule has 8 bridgehead atoms. The second kappa shape index (κ2) is 22.1. The van der Waals surface area contributed by atoms with Crippen molar-refractivity contribution >= 4 is 52.1 Å². The zero-order valence-electron chi connectivity index (χ0n) is 36.8. The number of H-pyrrole nitrogens is 2. The molecule has 18 nitrogen and oxygen atoms in total. The van der Waals surface area contributed by atoms with Crippen molar-refractivity contribution < 1.29 is 81.4 Å². The predicted molar refractivity (Wildman–Crippen MR) is 237 cm³/mol. The molecule has 3 aliphatic heterocycles. The van der Waals surface area contributed by atoms with Gasteiger partial charge in [-0.3, -0.25) is 29.3 Å². The zero-order valence-corrected chi connectivity index (χ0v) is 38.6. The van der Waals surface area contributed by atoms with Gasteiger partial charge < -0.3 is 44.4 Å². The Kier molecular flexibility index (Phi) is 16.3. The molecule has 0 atom stereocenters. The molecule has 0 saturated carbocycles. The van der Waals surface area contributed by atoms with Gasteiger partial charge in [-0.1, -0.05) is 31.2 Å². The molecule has 1 radical (unpaired) electrons. The normalized spacial score (nSPS) is 16.5. The number of carbonyl (C=O) groups excluding carboxylic acids is 3. The van der Waals surface area contributed by atoms with E-state index in [2.05, 4.69) is 75.4 Å². The summed E-state index contributed by atoms with van der Waals surface area (Å²) in [5.41, 5.74) is 9.98. The largest absolute Gasteiger partial charge is 3.00 e. The van der Waals surface area contributed by atoms with Crippen LogP contribution in [0.4, 0.5) is 0 Å². The number of carbonyl (C=O) groups is 3. The van der Waals surface area contributed by atoms with Gasteiger partial charge in [-0.25, -0.2) is 4.98 Å². The monoisotopic (exact) mass is 1060 g/mol. The van der Waals surface area contributed by atoms with E-state index in [1.165, 1.54) is 0 Å². The summed E-state index contributed by atoms with van der Waals surface area (Å²) in [5, 5.41) is 43.1. The number of aliphatic carboxylic acids is 3. The number of carboxylic acids is 3. The van der Waals surface area contributed by atoms with E-state index in [4.69, 9.17) is 14.7 Å². The average molecular weight is 1060 g/mol. The summed E-state index contributed by atoms with van der Waals surface area (Å²) in [6.45, 7) is 7.42. The first-order valence-electron chi connectivity index (χ1n) is 21.8. The summed E-state index contributed by atoms with van der Waals surface area (Å²) < 4.78 is 7.88. The van der Waals surface area contributed by atoms with Gasteiger partial charge >= 0.3 is 46.9 Å². The molecule has 5 aromatic rings. The molecule has 1 aromatic carbocycles. The van der Waals surface area contributed by atoms with E-state index < -0.39 is 17.9 Å². The molecule has 0 amide bonds. The van der Waals surface area contributed by atoms with Crippen molar-refractivity contribution in [3.63, 3.8) is 0 Å². The van der Waals surface area contributed by atoms with E-state index in [9.17, 15) is 29.7 Å². The van der Waals surface area contributed by atoms with Gasteiger partial charge in [0.15, 0.2) is 0 Å². The number of rotatable bonds is 13. The van der Waals surface area contributed by atoms with Crippen LogP contribution in [0.2, 0.25) is 0 Å². The molecule has 66 heavy (non-hydrogen) atoms. The van der Waals surface area contributed by atoms with Crippen molar-refractivity contribution in [2.75, 3.05) is 78.5 Å². The molecule has 351 valence electrons. The maximum atomic E-state index is 11.6. The van der Waals surface area contributed by atoms with E-state index in [0.717, 1.165) is 62.4 Å². The molecule has 2 N–H and O–H groups in total. The summed E-state index contributed by atoms with van der Waals surface area (Å²) in [6.07, 6.45) is 6.69. The molecular formula is C47H52N11O7Yb. The van der Waals surface area contributed by atoms with Crippen LogP contribution in [0, 0.1) is 46.9 Å². The Hall–Kier alpha value is -5.21. The van der Waals surface area contributed by atoms with Crippen molar-refractivity contribution in [2.45, 2.75) is 38.8 Å².